The van der Waals surface area contributed by atoms with Gasteiger partial charge in [-0.25, -0.2) is 0 Å². The number of aromatic nitrogens is 2. The van der Waals surface area contributed by atoms with Gasteiger partial charge in [0.05, 0.1) is 0 Å². The SMILES string of the molecule is CC(CN)Cc1nc(C(F)(F)F)no1. The lowest BCUT2D eigenvalue weighted by Crippen LogP contribution is -2.13. The highest BCUT2D eigenvalue weighted by molar-refractivity contribution is 4.91. The Morgan fingerprint density at radius 3 is 2.57 bits per heavy atom. The fraction of sp³-hybridized carbons (Fsp3) is 0.714. The normalized spacial score (nSPS) is 14.4. The highest BCUT2D eigenvalue weighted by Gasteiger charge is 2.37. The van der Waals surface area contributed by atoms with Gasteiger partial charge in [-0.05, 0) is 12.5 Å². The summed E-state index contributed by atoms with van der Waals surface area (Å²) in [4.78, 5) is 3.21. The van der Waals surface area contributed by atoms with E-state index in [1.807, 2.05) is 0 Å². The molecule has 1 rings (SSSR count). The minimum absolute atomic E-state index is 0.0246. The van der Waals surface area contributed by atoms with E-state index in [9.17, 15) is 13.2 Å². The molecule has 1 unspecified atom stereocenters. The number of hydrogen-bond acceptors (Lipinski definition) is 4. The van der Waals surface area contributed by atoms with Gasteiger partial charge in [-0.1, -0.05) is 12.1 Å². The molecule has 1 heterocycles. The molecule has 0 aliphatic carbocycles. The van der Waals surface area contributed by atoms with Gasteiger partial charge in [-0.15, -0.1) is 0 Å². The van der Waals surface area contributed by atoms with Crippen LogP contribution in [0.1, 0.15) is 18.6 Å². The van der Waals surface area contributed by atoms with Gasteiger partial charge in [0.1, 0.15) is 0 Å². The van der Waals surface area contributed by atoms with Crippen molar-refractivity contribution in [2.75, 3.05) is 6.54 Å². The van der Waals surface area contributed by atoms with E-state index in [-0.39, 0.29) is 18.2 Å². The van der Waals surface area contributed by atoms with Gasteiger partial charge < -0.3 is 10.3 Å². The van der Waals surface area contributed by atoms with Crippen LogP contribution in [0.2, 0.25) is 0 Å². The molecule has 0 fully saturated rings. The highest BCUT2D eigenvalue weighted by Crippen LogP contribution is 2.26. The van der Waals surface area contributed by atoms with Crippen LogP contribution >= 0.6 is 0 Å². The fourth-order valence-corrected chi connectivity index (χ4v) is 0.834. The Labute approximate surface area is 78.3 Å². The van der Waals surface area contributed by atoms with E-state index >= 15 is 0 Å². The Kier molecular flexibility index (Phi) is 3.10. The van der Waals surface area contributed by atoms with E-state index in [1.165, 1.54) is 0 Å². The molecule has 1 atom stereocenters. The first-order valence-electron chi connectivity index (χ1n) is 4.03. The summed E-state index contributed by atoms with van der Waals surface area (Å²) in [6.45, 7) is 2.15. The Bertz CT molecular complexity index is 297. The lowest BCUT2D eigenvalue weighted by molar-refractivity contribution is -0.146. The van der Waals surface area contributed by atoms with Gasteiger partial charge in [-0.3, -0.25) is 0 Å². The topological polar surface area (TPSA) is 64.9 Å². The summed E-state index contributed by atoms with van der Waals surface area (Å²) in [7, 11) is 0. The lowest BCUT2D eigenvalue weighted by Gasteiger charge is -2.02. The average Bonchev–Trinajstić information content (AvgIpc) is 2.51. The predicted octanol–water partition coefficient (Wildman–Crippen LogP) is 1.23. The molecule has 14 heavy (non-hydrogen) atoms. The zero-order valence-corrected chi connectivity index (χ0v) is 7.51. The molecule has 7 heteroatoms. The number of hydrogen-bond donors (Lipinski definition) is 1. The van der Waals surface area contributed by atoms with Crippen LogP contribution in [0.25, 0.3) is 0 Å². The average molecular weight is 209 g/mol. The van der Waals surface area contributed by atoms with E-state index in [0.29, 0.717) is 6.54 Å². The van der Waals surface area contributed by atoms with Crippen LogP contribution < -0.4 is 5.73 Å². The first-order valence-corrected chi connectivity index (χ1v) is 4.03. The molecule has 1 aromatic heterocycles. The van der Waals surface area contributed by atoms with Crippen LogP contribution in [0.5, 0.6) is 0 Å². The van der Waals surface area contributed by atoms with Gasteiger partial charge in [0, 0.05) is 6.42 Å². The second-order valence-corrected chi connectivity index (χ2v) is 3.05. The molecule has 0 saturated heterocycles. The smallest absolute Gasteiger partial charge is 0.339 e. The summed E-state index contributed by atoms with van der Waals surface area (Å²) in [6, 6.07) is 0. The molecule has 0 radical (unpaired) electrons. The number of halogens is 3. The van der Waals surface area contributed by atoms with Crippen LogP contribution in [0.15, 0.2) is 4.52 Å². The summed E-state index contributed by atoms with van der Waals surface area (Å²) in [6.07, 6.45) is -4.28. The summed E-state index contributed by atoms with van der Waals surface area (Å²) in [5, 5.41) is 2.82. The maximum atomic E-state index is 12.0. The van der Waals surface area contributed by atoms with Crippen molar-refractivity contribution in [2.45, 2.75) is 19.5 Å². The Morgan fingerprint density at radius 2 is 2.14 bits per heavy atom. The molecule has 0 spiro atoms. The molecule has 0 aliphatic heterocycles. The van der Waals surface area contributed by atoms with E-state index < -0.39 is 12.0 Å². The summed E-state index contributed by atoms with van der Waals surface area (Å²) in [5.41, 5.74) is 5.30. The Balaban J connectivity index is 2.69. The van der Waals surface area contributed by atoms with E-state index in [2.05, 4.69) is 14.7 Å². The third-order valence-electron chi connectivity index (χ3n) is 1.65. The van der Waals surface area contributed by atoms with E-state index in [0.717, 1.165) is 0 Å². The van der Waals surface area contributed by atoms with Crippen LogP contribution in [0.4, 0.5) is 13.2 Å². The van der Waals surface area contributed by atoms with Gasteiger partial charge in [0.25, 0.3) is 5.82 Å². The monoisotopic (exact) mass is 209 g/mol. The molecule has 1 aromatic rings. The number of nitrogens with zero attached hydrogens (tertiary/aromatic N) is 2. The number of alkyl halides is 3. The molecular formula is C7H10F3N3O. The standard InChI is InChI=1S/C7H10F3N3O/c1-4(3-11)2-5-12-6(13-14-5)7(8,9)10/h4H,2-3,11H2,1H3. The molecule has 0 aliphatic rings. The first kappa shape index (κ1) is 11.0. The van der Waals surface area contributed by atoms with Gasteiger partial charge in [-0.2, -0.15) is 18.2 Å². The molecule has 80 valence electrons. The fourth-order valence-electron chi connectivity index (χ4n) is 0.834. The second-order valence-electron chi connectivity index (χ2n) is 3.05. The third kappa shape index (κ3) is 2.69. The molecular weight excluding hydrogens is 199 g/mol. The predicted molar refractivity (Wildman–Crippen MR) is 41.2 cm³/mol. The van der Waals surface area contributed by atoms with E-state index in [4.69, 9.17) is 5.73 Å². The summed E-state index contributed by atoms with van der Waals surface area (Å²) >= 11 is 0. The van der Waals surface area contributed by atoms with Gasteiger partial charge in [0.2, 0.25) is 5.89 Å². The first-order chi connectivity index (χ1) is 6.43. The van der Waals surface area contributed by atoms with Crippen LogP contribution in [0.3, 0.4) is 0 Å². The van der Waals surface area contributed by atoms with Crippen molar-refractivity contribution in [3.8, 4) is 0 Å². The molecule has 2 N–H and O–H groups in total. The van der Waals surface area contributed by atoms with Crippen molar-refractivity contribution in [3.05, 3.63) is 11.7 Å². The summed E-state index contributed by atoms with van der Waals surface area (Å²) in [5.74, 6) is -1.25. The molecule has 0 saturated carbocycles. The van der Waals surface area contributed by atoms with Crippen molar-refractivity contribution < 1.29 is 17.7 Å². The largest absolute Gasteiger partial charge is 0.455 e. The van der Waals surface area contributed by atoms with Crippen molar-refractivity contribution in [2.24, 2.45) is 11.7 Å². The van der Waals surface area contributed by atoms with E-state index in [1.54, 1.807) is 6.92 Å². The van der Waals surface area contributed by atoms with Crippen LogP contribution in [-0.4, -0.2) is 16.7 Å². The maximum absolute atomic E-state index is 12.0. The lowest BCUT2D eigenvalue weighted by atomic mass is 10.1. The maximum Gasteiger partial charge on any atom is 0.455 e. The Morgan fingerprint density at radius 1 is 1.50 bits per heavy atom. The van der Waals surface area contributed by atoms with Crippen molar-refractivity contribution >= 4 is 0 Å². The minimum Gasteiger partial charge on any atom is -0.339 e. The summed E-state index contributed by atoms with van der Waals surface area (Å²) < 4.78 is 40.5. The number of rotatable bonds is 3. The van der Waals surface area contributed by atoms with Crippen molar-refractivity contribution in [3.63, 3.8) is 0 Å². The third-order valence-corrected chi connectivity index (χ3v) is 1.65. The van der Waals surface area contributed by atoms with Gasteiger partial charge >= 0.3 is 6.18 Å². The molecule has 0 aromatic carbocycles. The molecule has 0 amide bonds. The van der Waals surface area contributed by atoms with Crippen LogP contribution in [-0.2, 0) is 12.6 Å². The number of nitrogens with two attached hydrogens (primary N) is 1. The highest BCUT2D eigenvalue weighted by atomic mass is 19.4. The minimum atomic E-state index is -4.55. The van der Waals surface area contributed by atoms with Crippen molar-refractivity contribution in [1.82, 2.24) is 10.1 Å². The molecule has 4 nitrogen and oxygen atoms in total. The van der Waals surface area contributed by atoms with Crippen molar-refractivity contribution in [1.29, 1.82) is 0 Å². The second kappa shape index (κ2) is 3.95. The van der Waals surface area contributed by atoms with Crippen LogP contribution in [0, 0.1) is 5.92 Å². The quantitative estimate of drug-likeness (QED) is 0.812. The molecule has 0 bridgehead atoms. The zero-order chi connectivity index (χ0) is 10.8. The Hall–Kier alpha value is -1.11. The zero-order valence-electron chi connectivity index (χ0n) is 7.51. The van der Waals surface area contributed by atoms with Gasteiger partial charge in [0.15, 0.2) is 0 Å².